The van der Waals surface area contributed by atoms with Crippen LogP contribution in [0, 0.1) is 17.0 Å². The maximum absolute atomic E-state index is 13.4. The van der Waals surface area contributed by atoms with Gasteiger partial charge in [-0.3, -0.25) is 24.5 Å². The van der Waals surface area contributed by atoms with Gasteiger partial charge in [-0.1, -0.05) is 24.3 Å². The zero-order valence-electron chi connectivity index (χ0n) is 24.7. The van der Waals surface area contributed by atoms with E-state index in [1.165, 1.54) is 50.3 Å². The fourth-order valence-electron chi connectivity index (χ4n) is 4.12. The van der Waals surface area contributed by atoms with E-state index in [0.717, 1.165) is 4.90 Å². The van der Waals surface area contributed by atoms with E-state index in [4.69, 9.17) is 9.47 Å². The Morgan fingerprint density at radius 1 is 0.867 bits per heavy atom. The number of amides is 3. The van der Waals surface area contributed by atoms with Crippen molar-refractivity contribution in [1.82, 2.24) is 5.32 Å². The third-order valence-electron chi connectivity index (χ3n) is 6.42. The summed E-state index contributed by atoms with van der Waals surface area (Å²) < 4.78 is 10.7. The van der Waals surface area contributed by atoms with Gasteiger partial charge in [0.25, 0.3) is 17.5 Å². The number of nitrogens with one attached hydrogen (secondary N) is 3. The molecule has 0 atom stereocenters. The Kier molecular flexibility index (Phi) is 10.9. The molecule has 45 heavy (non-hydrogen) atoms. The Bertz CT molecular complexity index is 1740. The van der Waals surface area contributed by atoms with E-state index in [9.17, 15) is 24.5 Å². The second kappa shape index (κ2) is 15.2. The Morgan fingerprint density at radius 2 is 1.58 bits per heavy atom. The first kappa shape index (κ1) is 32.3. The molecule has 0 aliphatic rings. The molecular weight excluding hydrogens is 596 g/mol. The van der Waals surface area contributed by atoms with Crippen LogP contribution in [-0.2, 0) is 9.59 Å². The van der Waals surface area contributed by atoms with Gasteiger partial charge < -0.3 is 25.4 Å². The Labute approximate surface area is 263 Å². The molecule has 4 aromatic rings. The van der Waals surface area contributed by atoms with Crippen LogP contribution in [0.4, 0.5) is 17.1 Å². The summed E-state index contributed by atoms with van der Waals surface area (Å²) in [6.07, 6.45) is 1.54. The maximum Gasteiger partial charge on any atom is 0.272 e. The lowest BCUT2D eigenvalue weighted by Crippen LogP contribution is -2.30. The predicted octanol–water partition coefficient (Wildman–Crippen LogP) is 6.06. The molecule has 0 heterocycles. The van der Waals surface area contributed by atoms with E-state index in [-0.39, 0.29) is 23.0 Å². The first-order valence-electron chi connectivity index (χ1n) is 13.6. The van der Waals surface area contributed by atoms with E-state index in [1.807, 2.05) is 0 Å². The van der Waals surface area contributed by atoms with Gasteiger partial charge in [0.1, 0.15) is 5.70 Å². The quantitative estimate of drug-likeness (QED) is 0.0744. The molecular formula is C33H30N4O7S. The van der Waals surface area contributed by atoms with Crippen LogP contribution >= 0.6 is 11.8 Å². The van der Waals surface area contributed by atoms with Crippen LogP contribution in [0.1, 0.15) is 21.5 Å². The van der Waals surface area contributed by atoms with E-state index in [0.29, 0.717) is 39.6 Å². The number of hydrogen-bond donors (Lipinski definition) is 3. The number of carbonyl (C=O) groups is 3. The number of nitrogens with zero attached hydrogens (tertiary/aromatic N) is 1. The average Bonchev–Trinajstić information content (AvgIpc) is 3.05. The number of non-ortho nitro benzene ring substituents is 1. The summed E-state index contributed by atoms with van der Waals surface area (Å²) in [6, 6.07) is 24.8. The zero-order valence-corrected chi connectivity index (χ0v) is 25.5. The monoisotopic (exact) mass is 626 g/mol. The number of nitro benzene ring substituents is 1. The molecule has 4 rings (SSSR count). The fraction of sp³-hybridized carbons (Fsp3) is 0.121. The van der Waals surface area contributed by atoms with E-state index >= 15 is 0 Å². The highest BCUT2D eigenvalue weighted by molar-refractivity contribution is 8.00. The largest absolute Gasteiger partial charge is 0.493 e. The van der Waals surface area contributed by atoms with Gasteiger partial charge in [-0.2, -0.15) is 0 Å². The molecule has 0 aliphatic heterocycles. The lowest BCUT2D eigenvalue weighted by molar-refractivity contribution is -0.384. The lowest BCUT2D eigenvalue weighted by atomic mass is 10.1. The topological polar surface area (TPSA) is 149 Å². The van der Waals surface area contributed by atoms with E-state index < -0.39 is 16.7 Å². The third kappa shape index (κ3) is 8.94. The minimum absolute atomic E-state index is 0.00716. The number of rotatable bonds is 12. The van der Waals surface area contributed by atoms with Crippen LogP contribution in [0.2, 0.25) is 0 Å². The second-order valence-corrected chi connectivity index (χ2v) is 10.6. The van der Waals surface area contributed by atoms with Crippen molar-refractivity contribution in [2.75, 3.05) is 30.6 Å². The smallest absolute Gasteiger partial charge is 0.272 e. The van der Waals surface area contributed by atoms with Crippen LogP contribution in [0.15, 0.2) is 102 Å². The standard InChI is InChI=1S/C33H30N4O7S/c1-21-17-25(37(41)42)12-15-27(21)35-31(38)20-45-26-13-10-24(11-14-26)34-33(40)28(36-32(39)23-7-5-4-6-8-23)18-22-9-16-29(43-2)30(19-22)44-3/h4-19H,20H2,1-3H3,(H,34,40)(H,35,38)(H,36,39)/b28-18-. The van der Waals surface area contributed by atoms with E-state index in [2.05, 4.69) is 16.0 Å². The highest BCUT2D eigenvalue weighted by Crippen LogP contribution is 2.29. The van der Waals surface area contributed by atoms with Crippen LogP contribution in [0.25, 0.3) is 6.08 Å². The summed E-state index contributed by atoms with van der Waals surface area (Å²) in [4.78, 5) is 50.0. The number of aryl methyl sites for hydroxylation is 1. The van der Waals surface area contributed by atoms with Crippen LogP contribution in [0.3, 0.4) is 0 Å². The minimum atomic E-state index is -0.549. The summed E-state index contributed by atoms with van der Waals surface area (Å²) in [5.41, 5.74) is 2.50. The molecule has 0 saturated heterocycles. The predicted molar refractivity (Wildman–Crippen MR) is 174 cm³/mol. The summed E-state index contributed by atoms with van der Waals surface area (Å²) in [5, 5.41) is 19.2. The van der Waals surface area contributed by atoms with Gasteiger partial charge in [-0.15, -0.1) is 11.8 Å². The van der Waals surface area contributed by atoms with Gasteiger partial charge in [-0.25, -0.2) is 0 Å². The van der Waals surface area contributed by atoms with Gasteiger partial charge >= 0.3 is 0 Å². The van der Waals surface area contributed by atoms with Crippen molar-refractivity contribution in [1.29, 1.82) is 0 Å². The van der Waals surface area contributed by atoms with Crippen LogP contribution < -0.4 is 25.4 Å². The second-order valence-electron chi connectivity index (χ2n) is 9.56. The van der Waals surface area contributed by atoms with Crippen molar-refractivity contribution in [3.05, 3.63) is 123 Å². The van der Waals surface area contributed by atoms with Gasteiger partial charge in [0.15, 0.2) is 11.5 Å². The molecule has 3 amide bonds. The molecule has 0 unspecified atom stereocenters. The van der Waals surface area contributed by atoms with Crippen molar-refractivity contribution in [3.63, 3.8) is 0 Å². The molecule has 0 radical (unpaired) electrons. The average molecular weight is 627 g/mol. The number of benzene rings is 4. The molecule has 0 spiro atoms. The number of ether oxygens (including phenoxy) is 2. The van der Waals surface area contributed by atoms with Crippen molar-refractivity contribution in [2.45, 2.75) is 11.8 Å². The molecule has 0 bridgehead atoms. The zero-order chi connectivity index (χ0) is 32.3. The normalized spacial score (nSPS) is 10.9. The molecule has 0 aromatic heterocycles. The number of carbonyl (C=O) groups excluding carboxylic acids is 3. The minimum Gasteiger partial charge on any atom is -0.493 e. The van der Waals surface area contributed by atoms with Crippen molar-refractivity contribution in [3.8, 4) is 11.5 Å². The summed E-state index contributed by atoms with van der Waals surface area (Å²) >= 11 is 1.29. The molecule has 4 aromatic carbocycles. The molecule has 3 N–H and O–H groups in total. The van der Waals surface area contributed by atoms with Gasteiger partial charge in [0.05, 0.1) is 24.9 Å². The summed E-state index contributed by atoms with van der Waals surface area (Å²) in [7, 11) is 3.03. The number of methoxy groups -OCH3 is 2. The first-order valence-corrected chi connectivity index (χ1v) is 14.5. The fourth-order valence-corrected chi connectivity index (χ4v) is 4.82. The number of hydrogen-bond acceptors (Lipinski definition) is 8. The highest BCUT2D eigenvalue weighted by Gasteiger charge is 2.16. The Hall–Kier alpha value is -5.62. The van der Waals surface area contributed by atoms with Crippen LogP contribution in [0.5, 0.6) is 11.5 Å². The number of nitro groups is 1. The van der Waals surface area contributed by atoms with Gasteiger partial charge in [0.2, 0.25) is 5.91 Å². The van der Waals surface area contributed by atoms with Crippen molar-refractivity contribution < 1.29 is 28.8 Å². The Morgan fingerprint density at radius 3 is 2.22 bits per heavy atom. The summed E-state index contributed by atoms with van der Waals surface area (Å²) in [5.74, 6) is -0.186. The lowest BCUT2D eigenvalue weighted by Gasteiger charge is -2.13. The van der Waals surface area contributed by atoms with Gasteiger partial charge in [-0.05, 0) is 78.7 Å². The third-order valence-corrected chi connectivity index (χ3v) is 7.44. The molecule has 230 valence electrons. The number of thioether (sulfide) groups is 1. The Balaban J connectivity index is 1.43. The van der Waals surface area contributed by atoms with Crippen molar-refractivity contribution in [2.24, 2.45) is 0 Å². The number of anilines is 2. The molecule has 0 saturated carbocycles. The molecule has 0 fully saturated rings. The first-order chi connectivity index (χ1) is 21.7. The highest BCUT2D eigenvalue weighted by atomic mass is 32.2. The SMILES string of the molecule is COc1ccc(/C=C(\NC(=O)c2ccccc2)C(=O)Nc2ccc(SCC(=O)Nc3ccc([N+](=O)[O-])cc3C)cc2)cc1OC. The summed E-state index contributed by atoms with van der Waals surface area (Å²) in [6.45, 7) is 1.68. The van der Waals surface area contributed by atoms with Gasteiger partial charge in [0, 0.05) is 34.0 Å². The van der Waals surface area contributed by atoms with E-state index in [1.54, 1.807) is 79.7 Å². The van der Waals surface area contributed by atoms with Crippen molar-refractivity contribution >= 4 is 52.6 Å². The molecule has 11 nitrogen and oxygen atoms in total. The molecule has 12 heteroatoms. The van der Waals surface area contributed by atoms with Crippen LogP contribution in [-0.4, -0.2) is 42.6 Å². The molecule has 0 aliphatic carbocycles. The maximum atomic E-state index is 13.4.